The van der Waals surface area contributed by atoms with Gasteiger partial charge in [0.05, 0.1) is 11.9 Å². The molecule has 0 amide bonds. The van der Waals surface area contributed by atoms with Gasteiger partial charge in [-0.2, -0.15) is 4.98 Å². The normalized spacial score (nSPS) is 31.6. The van der Waals surface area contributed by atoms with Crippen molar-refractivity contribution in [2.24, 2.45) is 23.2 Å². The quantitative estimate of drug-likeness (QED) is 0.627. The van der Waals surface area contributed by atoms with Gasteiger partial charge in [0, 0.05) is 18.0 Å². The summed E-state index contributed by atoms with van der Waals surface area (Å²) in [5.74, 6) is 3.38. The molecule has 1 aromatic heterocycles. The third kappa shape index (κ3) is 4.53. The van der Waals surface area contributed by atoms with Crippen LogP contribution in [0, 0.1) is 23.2 Å². The molecular weight excluding hydrogens is 432 g/mol. The van der Waals surface area contributed by atoms with Gasteiger partial charge in [-0.25, -0.2) is 13.4 Å². The van der Waals surface area contributed by atoms with Crippen molar-refractivity contribution in [1.82, 2.24) is 9.97 Å². The third-order valence-electron chi connectivity index (χ3n) is 7.24. The standard InChI is InChI=1S/C23H29ClN4O2S/c1-23-9-15-6-16(10-23)20(17(7-15)11-23)27-21-19(24)12-25-22(28-21)26-18-5-3-4-14(8-18)13-31(2,29)30/h3-5,8,12,15-17,20H,6-7,9-11,13H2,1-2H3,(H2,25,26,27,28). The Kier molecular flexibility index (Phi) is 5.17. The minimum absolute atomic E-state index is 0.00116. The van der Waals surface area contributed by atoms with Crippen LogP contribution < -0.4 is 10.6 Å². The molecule has 4 aliphatic carbocycles. The van der Waals surface area contributed by atoms with Crippen molar-refractivity contribution >= 4 is 38.9 Å². The Balaban J connectivity index is 1.33. The van der Waals surface area contributed by atoms with Crippen LogP contribution in [0.15, 0.2) is 30.5 Å². The predicted molar refractivity (Wildman–Crippen MR) is 124 cm³/mol. The van der Waals surface area contributed by atoms with Gasteiger partial charge < -0.3 is 10.6 Å². The van der Waals surface area contributed by atoms with Crippen molar-refractivity contribution in [1.29, 1.82) is 0 Å². The second-order valence-electron chi connectivity index (χ2n) is 10.2. The molecule has 31 heavy (non-hydrogen) atoms. The molecule has 4 bridgehead atoms. The van der Waals surface area contributed by atoms with Gasteiger partial charge in [0.25, 0.3) is 0 Å². The summed E-state index contributed by atoms with van der Waals surface area (Å²) in [5, 5.41) is 7.39. The van der Waals surface area contributed by atoms with E-state index >= 15 is 0 Å². The first kappa shape index (κ1) is 21.0. The average Bonchev–Trinajstić information content (AvgIpc) is 2.64. The molecule has 166 valence electrons. The van der Waals surface area contributed by atoms with Gasteiger partial charge in [-0.15, -0.1) is 0 Å². The zero-order chi connectivity index (χ0) is 21.8. The third-order valence-corrected chi connectivity index (χ3v) is 8.37. The van der Waals surface area contributed by atoms with E-state index < -0.39 is 9.84 Å². The second-order valence-corrected chi connectivity index (χ2v) is 12.8. The second kappa shape index (κ2) is 7.62. The first-order valence-electron chi connectivity index (χ1n) is 11.0. The van der Waals surface area contributed by atoms with Gasteiger partial charge in [-0.05, 0) is 73.0 Å². The maximum atomic E-state index is 11.6. The van der Waals surface area contributed by atoms with E-state index in [0.717, 1.165) is 17.2 Å². The van der Waals surface area contributed by atoms with Crippen molar-refractivity contribution < 1.29 is 8.42 Å². The van der Waals surface area contributed by atoms with E-state index in [9.17, 15) is 8.42 Å². The van der Waals surface area contributed by atoms with E-state index in [1.807, 2.05) is 18.2 Å². The number of hydrogen-bond acceptors (Lipinski definition) is 6. The molecule has 1 aromatic carbocycles. The Morgan fingerprint density at radius 3 is 2.61 bits per heavy atom. The van der Waals surface area contributed by atoms with Crippen LogP contribution in [0.1, 0.15) is 44.6 Å². The molecule has 0 spiro atoms. The van der Waals surface area contributed by atoms with Gasteiger partial charge in [0.1, 0.15) is 5.02 Å². The number of nitrogens with one attached hydrogen (secondary N) is 2. The highest BCUT2D eigenvalue weighted by Gasteiger charge is 2.53. The van der Waals surface area contributed by atoms with Crippen LogP contribution in [0.2, 0.25) is 5.02 Å². The Labute approximate surface area is 189 Å². The smallest absolute Gasteiger partial charge is 0.229 e. The summed E-state index contributed by atoms with van der Waals surface area (Å²) in [6.45, 7) is 2.46. The number of hydrogen-bond donors (Lipinski definition) is 2. The number of rotatable bonds is 6. The van der Waals surface area contributed by atoms with Crippen LogP contribution in [0.25, 0.3) is 0 Å². The Hall–Kier alpha value is -1.86. The molecule has 6 nitrogen and oxygen atoms in total. The molecule has 2 unspecified atom stereocenters. The largest absolute Gasteiger partial charge is 0.365 e. The zero-order valence-corrected chi connectivity index (χ0v) is 19.5. The van der Waals surface area contributed by atoms with Crippen molar-refractivity contribution in [2.45, 2.75) is 50.8 Å². The molecule has 6 rings (SSSR count). The molecule has 4 fully saturated rings. The molecule has 2 N–H and O–H groups in total. The summed E-state index contributed by atoms with van der Waals surface area (Å²) in [4.78, 5) is 8.98. The van der Waals surface area contributed by atoms with Crippen molar-refractivity contribution in [2.75, 3.05) is 16.9 Å². The fourth-order valence-corrected chi connectivity index (χ4v) is 7.45. The summed E-state index contributed by atoms with van der Waals surface area (Å²) in [5.41, 5.74) is 1.99. The minimum Gasteiger partial charge on any atom is -0.365 e. The molecule has 2 aromatic rings. The maximum Gasteiger partial charge on any atom is 0.229 e. The minimum atomic E-state index is -3.09. The van der Waals surface area contributed by atoms with Crippen LogP contribution in [0.5, 0.6) is 0 Å². The molecular formula is C23H29ClN4O2S. The molecule has 4 aliphatic rings. The molecule has 0 saturated heterocycles. The lowest BCUT2D eigenvalue weighted by Gasteiger charge is -2.59. The molecule has 0 aliphatic heterocycles. The van der Waals surface area contributed by atoms with E-state index in [4.69, 9.17) is 11.6 Å². The van der Waals surface area contributed by atoms with E-state index in [1.165, 1.54) is 38.4 Å². The van der Waals surface area contributed by atoms with Crippen LogP contribution in [-0.4, -0.2) is 30.7 Å². The molecule has 0 radical (unpaired) electrons. The fraction of sp³-hybridized carbons (Fsp3) is 0.565. The number of aromatic nitrogens is 2. The highest BCUT2D eigenvalue weighted by molar-refractivity contribution is 7.89. The number of sulfone groups is 1. The summed E-state index contributed by atoms with van der Waals surface area (Å²) in [7, 11) is -3.09. The summed E-state index contributed by atoms with van der Waals surface area (Å²) >= 11 is 6.46. The van der Waals surface area contributed by atoms with Gasteiger partial charge in [0.2, 0.25) is 5.95 Å². The number of benzene rings is 1. The van der Waals surface area contributed by atoms with E-state index in [2.05, 4.69) is 27.5 Å². The Morgan fingerprint density at radius 1 is 1.19 bits per heavy atom. The van der Waals surface area contributed by atoms with Crippen molar-refractivity contribution in [3.8, 4) is 0 Å². The highest BCUT2D eigenvalue weighted by atomic mass is 35.5. The van der Waals surface area contributed by atoms with E-state index in [-0.39, 0.29) is 5.75 Å². The van der Waals surface area contributed by atoms with Crippen molar-refractivity contribution in [3.63, 3.8) is 0 Å². The number of anilines is 3. The lowest BCUT2D eigenvalue weighted by atomic mass is 9.48. The van der Waals surface area contributed by atoms with Gasteiger partial charge in [0.15, 0.2) is 15.7 Å². The highest BCUT2D eigenvalue weighted by Crippen LogP contribution is 2.60. The van der Waals surface area contributed by atoms with E-state index in [1.54, 1.807) is 12.3 Å². The van der Waals surface area contributed by atoms with Gasteiger partial charge in [-0.3, -0.25) is 0 Å². The lowest BCUT2D eigenvalue weighted by molar-refractivity contribution is -0.0505. The first-order chi connectivity index (χ1) is 14.7. The van der Waals surface area contributed by atoms with Gasteiger partial charge in [-0.1, -0.05) is 30.7 Å². The molecule has 1 heterocycles. The Morgan fingerprint density at radius 2 is 1.94 bits per heavy atom. The molecule has 8 heteroatoms. The van der Waals surface area contributed by atoms with Crippen LogP contribution >= 0.6 is 11.6 Å². The fourth-order valence-electron chi connectivity index (χ4n) is 6.52. The lowest BCUT2D eigenvalue weighted by Crippen LogP contribution is -2.55. The van der Waals surface area contributed by atoms with Crippen molar-refractivity contribution in [3.05, 3.63) is 41.0 Å². The summed E-state index contributed by atoms with van der Waals surface area (Å²) in [6.07, 6.45) is 9.45. The summed E-state index contributed by atoms with van der Waals surface area (Å²) < 4.78 is 23.2. The van der Waals surface area contributed by atoms with Crippen LogP contribution in [0.4, 0.5) is 17.5 Å². The molecule has 4 saturated carbocycles. The van der Waals surface area contributed by atoms with Crippen LogP contribution in [-0.2, 0) is 15.6 Å². The maximum absolute atomic E-state index is 11.6. The van der Waals surface area contributed by atoms with E-state index in [0.29, 0.717) is 40.1 Å². The topological polar surface area (TPSA) is 84.0 Å². The van der Waals surface area contributed by atoms with Gasteiger partial charge >= 0.3 is 0 Å². The number of nitrogens with zero attached hydrogens (tertiary/aromatic N) is 2. The Bertz CT molecular complexity index is 1090. The monoisotopic (exact) mass is 460 g/mol. The molecule has 2 atom stereocenters. The zero-order valence-electron chi connectivity index (χ0n) is 17.9. The average molecular weight is 461 g/mol. The predicted octanol–water partition coefficient (Wildman–Crippen LogP) is 5.04. The summed E-state index contributed by atoms with van der Waals surface area (Å²) in [6, 6.07) is 7.73. The SMILES string of the molecule is CC12CC3CC(C1)C(Nc1nc(Nc4cccc(CS(C)(=O)=O)c4)ncc1Cl)C(C3)C2. The number of halogens is 1. The van der Waals surface area contributed by atoms with Crippen LogP contribution in [0.3, 0.4) is 0 Å². The first-order valence-corrected chi connectivity index (χ1v) is 13.4.